The van der Waals surface area contributed by atoms with E-state index in [0.717, 1.165) is 11.3 Å². The Morgan fingerprint density at radius 2 is 1.75 bits per heavy atom. The van der Waals surface area contributed by atoms with Gasteiger partial charge in [0.1, 0.15) is 16.4 Å². The molecule has 2 aromatic rings. The van der Waals surface area contributed by atoms with Crippen LogP contribution in [0.2, 0.25) is 0 Å². The second-order valence-electron chi connectivity index (χ2n) is 4.78. The summed E-state index contributed by atoms with van der Waals surface area (Å²) in [6.45, 7) is 5.41. The molecular formula is C14H18N2O3S. The van der Waals surface area contributed by atoms with Crippen LogP contribution in [0.5, 0.6) is 0 Å². The molecule has 1 aromatic heterocycles. The minimum absolute atomic E-state index is 0.100. The molecule has 0 aliphatic heterocycles. The molecule has 0 saturated carbocycles. The van der Waals surface area contributed by atoms with Gasteiger partial charge < -0.3 is 10.2 Å². The monoisotopic (exact) mass is 294 g/mol. The van der Waals surface area contributed by atoms with Gasteiger partial charge in [-0.2, -0.15) is 0 Å². The Morgan fingerprint density at radius 1 is 1.10 bits per heavy atom. The molecule has 0 aliphatic rings. The smallest absolute Gasteiger partial charge is 0.243 e. The van der Waals surface area contributed by atoms with Crippen molar-refractivity contribution >= 4 is 15.7 Å². The van der Waals surface area contributed by atoms with Crippen molar-refractivity contribution in [2.45, 2.75) is 32.2 Å². The van der Waals surface area contributed by atoms with Crippen LogP contribution < -0.4 is 10.5 Å². The number of furan rings is 1. The van der Waals surface area contributed by atoms with Gasteiger partial charge in [0.05, 0.1) is 12.2 Å². The van der Waals surface area contributed by atoms with Gasteiger partial charge in [-0.1, -0.05) is 12.1 Å². The van der Waals surface area contributed by atoms with Crippen LogP contribution in [0.4, 0.5) is 5.69 Å². The molecule has 0 radical (unpaired) electrons. The number of hydrogen-bond acceptors (Lipinski definition) is 4. The average Bonchev–Trinajstić information content (AvgIpc) is 2.78. The van der Waals surface area contributed by atoms with Crippen LogP contribution in [-0.4, -0.2) is 8.42 Å². The Balaban J connectivity index is 2.29. The number of nitrogens with one attached hydrogen (secondary N) is 1. The zero-order valence-electron chi connectivity index (χ0n) is 11.7. The first-order valence-electron chi connectivity index (χ1n) is 6.22. The lowest BCUT2D eigenvalue weighted by Crippen LogP contribution is -2.25. The first-order chi connectivity index (χ1) is 9.31. The lowest BCUT2D eigenvalue weighted by Gasteiger charge is -2.13. The summed E-state index contributed by atoms with van der Waals surface area (Å²) in [7, 11) is -3.67. The Kier molecular flexibility index (Phi) is 3.87. The Morgan fingerprint density at radius 3 is 2.35 bits per heavy atom. The molecule has 20 heavy (non-hydrogen) atoms. The van der Waals surface area contributed by atoms with Crippen LogP contribution >= 0.6 is 0 Å². The van der Waals surface area contributed by atoms with Crippen LogP contribution in [0.25, 0.3) is 0 Å². The van der Waals surface area contributed by atoms with E-state index in [2.05, 4.69) is 4.72 Å². The summed E-state index contributed by atoms with van der Waals surface area (Å²) >= 11 is 0. The Hall–Kier alpha value is -1.79. The molecule has 1 heterocycles. The largest absolute Gasteiger partial charge is 0.465 e. The first-order valence-corrected chi connectivity index (χ1v) is 7.70. The van der Waals surface area contributed by atoms with Crippen molar-refractivity contribution in [1.29, 1.82) is 0 Å². The van der Waals surface area contributed by atoms with Gasteiger partial charge in [-0.05, 0) is 44.0 Å². The van der Waals surface area contributed by atoms with Crippen LogP contribution in [0.1, 0.15) is 22.6 Å². The van der Waals surface area contributed by atoms with Gasteiger partial charge in [0, 0.05) is 0 Å². The number of nitrogens with two attached hydrogens (primary N) is 1. The second kappa shape index (κ2) is 5.30. The zero-order valence-corrected chi connectivity index (χ0v) is 12.5. The van der Waals surface area contributed by atoms with Crippen LogP contribution in [0.15, 0.2) is 33.6 Å². The van der Waals surface area contributed by atoms with Crippen molar-refractivity contribution in [3.63, 3.8) is 0 Å². The van der Waals surface area contributed by atoms with Crippen LogP contribution in [0.3, 0.4) is 0 Å². The highest BCUT2D eigenvalue weighted by molar-refractivity contribution is 7.89. The summed E-state index contributed by atoms with van der Waals surface area (Å²) in [4.78, 5) is 0.140. The predicted octanol–water partition coefficient (Wildman–Crippen LogP) is 2.27. The molecule has 1 aromatic carbocycles. The minimum Gasteiger partial charge on any atom is -0.465 e. The molecule has 0 bridgehead atoms. The van der Waals surface area contributed by atoms with Gasteiger partial charge in [0.25, 0.3) is 0 Å². The Bertz CT molecular complexity index is 733. The lowest BCUT2D eigenvalue weighted by molar-refractivity contribution is 0.475. The minimum atomic E-state index is -3.67. The standard InChI is InChI=1S/C14H18N2O3S/c1-9-4-5-10(2)14(13(9)15)20(17,18)16-8-12-7-6-11(3)19-12/h4-7,16H,8,15H2,1-3H3. The van der Waals surface area contributed by atoms with E-state index in [0.29, 0.717) is 11.3 Å². The van der Waals surface area contributed by atoms with Crippen LogP contribution in [-0.2, 0) is 16.6 Å². The summed E-state index contributed by atoms with van der Waals surface area (Å²) in [5.41, 5.74) is 7.55. The van der Waals surface area contributed by atoms with E-state index in [1.165, 1.54) is 0 Å². The summed E-state index contributed by atoms with van der Waals surface area (Å²) in [5, 5.41) is 0. The van der Waals surface area contributed by atoms with Crippen molar-refractivity contribution in [2.75, 3.05) is 5.73 Å². The number of nitrogen functional groups attached to an aromatic ring is 1. The van der Waals surface area contributed by atoms with Crippen LogP contribution in [0, 0.1) is 20.8 Å². The molecule has 0 aliphatic carbocycles. The maximum atomic E-state index is 12.4. The zero-order chi connectivity index (χ0) is 14.9. The SMILES string of the molecule is Cc1ccc(CNS(=O)(=O)c2c(C)ccc(C)c2N)o1. The number of benzene rings is 1. The van der Waals surface area contributed by atoms with E-state index >= 15 is 0 Å². The fourth-order valence-electron chi connectivity index (χ4n) is 1.98. The first kappa shape index (κ1) is 14.6. The Labute approximate surface area is 118 Å². The van der Waals surface area contributed by atoms with Gasteiger partial charge in [-0.3, -0.25) is 0 Å². The van der Waals surface area contributed by atoms with E-state index in [1.807, 2.05) is 0 Å². The number of hydrogen-bond donors (Lipinski definition) is 2. The normalized spacial score (nSPS) is 11.8. The maximum absolute atomic E-state index is 12.4. The van der Waals surface area contributed by atoms with E-state index in [-0.39, 0.29) is 17.1 Å². The van der Waals surface area contributed by atoms with Crippen molar-refractivity contribution in [3.05, 3.63) is 46.9 Å². The number of aryl methyl sites for hydroxylation is 3. The summed E-state index contributed by atoms with van der Waals surface area (Å²) in [6, 6.07) is 7.08. The number of rotatable bonds is 4. The summed E-state index contributed by atoms with van der Waals surface area (Å²) < 4.78 is 32.6. The number of anilines is 1. The molecule has 6 heteroatoms. The second-order valence-corrected chi connectivity index (χ2v) is 6.48. The molecule has 0 saturated heterocycles. The third-order valence-electron chi connectivity index (χ3n) is 3.11. The van der Waals surface area contributed by atoms with Crippen molar-refractivity contribution in [2.24, 2.45) is 0 Å². The third-order valence-corrected chi connectivity index (χ3v) is 4.72. The van der Waals surface area contributed by atoms with Gasteiger partial charge in [-0.15, -0.1) is 0 Å². The fraction of sp³-hybridized carbons (Fsp3) is 0.286. The molecule has 2 rings (SSSR count). The van der Waals surface area contributed by atoms with Crippen molar-refractivity contribution in [1.82, 2.24) is 4.72 Å². The van der Waals surface area contributed by atoms with E-state index in [4.69, 9.17) is 10.2 Å². The molecule has 5 nitrogen and oxygen atoms in total. The highest BCUT2D eigenvalue weighted by Gasteiger charge is 2.21. The van der Waals surface area contributed by atoms with Gasteiger partial charge in [0.15, 0.2) is 0 Å². The van der Waals surface area contributed by atoms with Crippen molar-refractivity contribution < 1.29 is 12.8 Å². The molecule has 0 fully saturated rings. The van der Waals surface area contributed by atoms with Crippen molar-refractivity contribution in [3.8, 4) is 0 Å². The topological polar surface area (TPSA) is 85.3 Å². The average molecular weight is 294 g/mol. The third kappa shape index (κ3) is 2.86. The van der Waals surface area contributed by atoms with E-state index < -0.39 is 10.0 Å². The molecular weight excluding hydrogens is 276 g/mol. The van der Waals surface area contributed by atoms with Gasteiger partial charge in [-0.25, -0.2) is 13.1 Å². The molecule has 0 unspecified atom stereocenters. The predicted molar refractivity (Wildman–Crippen MR) is 77.8 cm³/mol. The molecule has 0 amide bonds. The molecule has 3 N–H and O–H groups in total. The summed E-state index contributed by atoms with van der Waals surface area (Å²) in [5.74, 6) is 1.31. The number of sulfonamides is 1. The van der Waals surface area contributed by atoms with Gasteiger partial charge in [0.2, 0.25) is 10.0 Å². The highest BCUT2D eigenvalue weighted by Crippen LogP contribution is 2.25. The lowest BCUT2D eigenvalue weighted by atomic mass is 10.1. The quantitative estimate of drug-likeness (QED) is 0.847. The molecule has 0 spiro atoms. The maximum Gasteiger partial charge on any atom is 0.243 e. The summed E-state index contributed by atoms with van der Waals surface area (Å²) in [6.07, 6.45) is 0. The molecule has 108 valence electrons. The van der Waals surface area contributed by atoms with E-state index in [1.54, 1.807) is 45.0 Å². The fourth-order valence-corrected chi connectivity index (χ4v) is 3.40. The van der Waals surface area contributed by atoms with E-state index in [9.17, 15) is 8.42 Å². The van der Waals surface area contributed by atoms with Gasteiger partial charge >= 0.3 is 0 Å². The molecule has 0 atom stereocenters. The highest BCUT2D eigenvalue weighted by atomic mass is 32.2.